The van der Waals surface area contributed by atoms with Crippen molar-refractivity contribution >= 4 is 17.9 Å². The first-order valence-corrected chi connectivity index (χ1v) is 49.7. The molecular weight excluding hydrogens is 1640 g/mol. The van der Waals surface area contributed by atoms with E-state index < -0.39 is 30.3 Å². The van der Waals surface area contributed by atoms with Crippen molar-refractivity contribution in [3.05, 3.63) is 178 Å². The van der Waals surface area contributed by atoms with Gasteiger partial charge in [-0.05, 0) is 277 Å². The van der Waals surface area contributed by atoms with Gasteiger partial charge in [0.25, 0.3) is 0 Å². The lowest BCUT2D eigenvalue weighted by Gasteiger charge is -2.30. The molecule has 6 aromatic rings. The number of halogens is 2. The quantitative estimate of drug-likeness (QED) is 0.0154. The van der Waals surface area contributed by atoms with Crippen LogP contribution in [0.15, 0.2) is 133 Å². The third-order valence-corrected chi connectivity index (χ3v) is 25.8. The van der Waals surface area contributed by atoms with Crippen LogP contribution in [0.1, 0.15) is 373 Å². The molecule has 6 fully saturated rings. The molecule has 0 amide bonds. The fourth-order valence-electron chi connectivity index (χ4n) is 18.0. The number of aliphatic hydroxyl groups excluding tert-OH is 6. The number of aryl methyl sites for hydroxylation is 2. The molecule has 0 bridgehead atoms. The van der Waals surface area contributed by atoms with Crippen molar-refractivity contribution in [2.24, 2.45) is 35.5 Å². The maximum Gasteiger partial charge on any atom is 0.337 e. The number of hydrogen-bond donors (Lipinski definition) is 6. The van der Waals surface area contributed by atoms with Crippen LogP contribution in [0, 0.1) is 35.5 Å². The van der Waals surface area contributed by atoms with Crippen LogP contribution in [0.3, 0.4) is 0 Å². The molecule has 6 aliphatic rings. The average Bonchev–Trinajstić information content (AvgIpc) is 0.848. The molecule has 0 aromatic heterocycles. The third-order valence-electron chi connectivity index (χ3n) is 25.8. The Hall–Kier alpha value is -7.85. The van der Waals surface area contributed by atoms with E-state index in [2.05, 4.69) is 52.8 Å². The molecule has 20 heteroatoms. The van der Waals surface area contributed by atoms with E-state index >= 15 is 0 Å². The number of hydrogen-bond acceptors (Lipinski definition) is 18. The molecular formula is C109H162F2O18. The highest BCUT2D eigenvalue weighted by atomic mass is 19.3. The predicted molar refractivity (Wildman–Crippen MR) is 509 cm³/mol. The molecule has 0 radical (unpaired) electrons. The number of alkyl halides is 2. The summed E-state index contributed by atoms with van der Waals surface area (Å²) in [6, 6.07) is 42.5. The number of aliphatic hydroxyl groups is 6. The Morgan fingerprint density at radius 1 is 0.372 bits per heavy atom. The van der Waals surface area contributed by atoms with Gasteiger partial charge in [0.05, 0.1) is 89.4 Å². The number of esters is 3. The summed E-state index contributed by atoms with van der Waals surface area (Å²) in [6.07, 6.45) is 38.2. The highest BCUT2D eigenvalue weighted by molar-refractivity contribution is 5.90. The predicted octanol–water partition coefficient (Wildman–Crippen LogP) is 25.5. The van der Waals surface area contributed by atoms with Gasteiger partial charge in [0.1, 0.15) is 46.7 Å². The number of carbonyl (C=O) groups is 3. The van der Waals surface area contributed by atoms with Crippen molar-refractivity contribution in [3.8, 4) is 34.5 Å². The second-order valence-electron chi connectivity index (χ2n) is 36.9. The maximum atomic E-state index is 13.1. The van der Waals surface area contributed by atoms with Crippen LogP contribution in [0.2, 0.25) is 0 Å². The molecule has 6 N–H and O–H groups in total. The first-order valence-electron chi connectivity index (χ1n) is 49.7. The van der Waals surface area contributed by atoms with Crippen LogP contribution in [-0.4, -0.2) is 120 Å². The summed E-state index contributed by atoms with van der Waals surface area (Å²) in [5.41, 5.74) is 7.56. The van der Waals surface area contributed by atoms with Crippen LogP contribution < -0.4 is 28.4 Å². The van der Waals surface area contributed by atoms with Gasteiger partial charge < -0.3 is 73.3 Å². The van der Waals surface area contributed by atoms with Gasteiger partial charge in [-0.1, -0.05) is 199 Å². The van der Waals surface area contributed by atoms with E-state index in [0.717, 1.165) is 229 Å². The summed E-state index contributed by atoms with van der Waals surface area (Å²) < 4.78 is 77.3. The van der Waals surface area contributed by atoms with E-state index in [0.29, 0.717) is 56.5 Å². The zero-order chi connectivity index (χ0) is 93.0. The number of benzene rings is 6. The molecule has 6 saturated carbocycles. The molecule has 18 nitrogen and oxygen atoms in total. The van der Waals surface area contributed by atoms with E-state index in [9.17, 15) is 53.8 Å². The molecule has 0 saturated heterocycles. The van der Waals surface area contributed by atoms with Gasteiger partial charge in [-0.15, -0.1) is 0 Å². The minimum absolute atomic E-state index is 0.0315. The fraction of sp³-hybridized carbons (Fsp3) is 0.642. The van der Waals surface area contributed by atoms with Gasteiger partial charge in [0.2, 0.25) is 5.92 Å². The maximum absolute atomic E-state index is 13.1. The van der Waals surface area contributed by atoms with Crippen molar-refractivity contribution in [2.75, 3.05) is 46.8 Å². The summed E-state index contributed by atoms with van der Waals surface area (Å²) in [6.45, 7) is 19.3. The van der Waals surface area contributed by atoms with E-state index in [1.165, 1.54) is 110 Å². The van der Waals surface area contributed by atoms with Crippen LogP contribution in [0.25, 0.3) is 0 Å². The normalized spacial score (nSPS) is 20.2. The summed E-state index contributed by atoms with van der Waals surface area (Å²) in [5, 5.41) is 59.5. The zero-order valence-electron chi connectivity index (χ0n) is 79.8. The molecule has 12 rings (SSSR count). The summed E-state index contributed by atoms with van der Waals surface area (Å²) >= 11 is 0. The Labute approximate surface area is 772 Å². The highest BCUT2D eigenvalue weighted by Gasteiger charge is 2.36. The fourth-order valence-corrected chi connectivity index (χ4v) is 18.0. The van der Waals surface area contributed by atoms with E-state index in [4.69, 9.17) is 42.6 Å². The van der Waals surface area contributed by atoms with Crippen molar-refractivity contribution in [3.63, 3.8) is 0 Å². The molecule has 0 heterocycles. The highest BCUT2D eigenvalue weighted by Crippen LogP contribution is 2.39. The van der Waals surface area contributed by atoms with Crippen LogP contribution >= 0.6 is 0 Å². The summed E-state index contributed by atoms with van der Waals surface area (Å²) in [4.78, 5) is 34.3. The topological polar surface area (TPSA) is 256 Å². The van der Waals surface area contributed by atoms with Gasteiger partial charge >= 0.3 is 17.9 Å². The Kier molecular flexibility index (Phi) is 51.8. The number of ether oxygens (including phenoxy) is 9. The number of rotatable bonds is 40. The molecule has 1 unspecified atom stereocenters. The summed E-state index contributed by atoms with van der Waals surface area (Å²) in [5.74, 6) is 3.89. The van der Waals surface area contributed by atoms with Crippen molar-refractivity contribution in [2.45, 2.75) is 367 Å². The molecule has 0 aliphatic heterocycles. The zero-order valence-corrected chi connectivity index (χ0v) is 79.8. The molecule has 129 heavy (non-hydrogen) atoms. The molecule has 6 aliphatic carbocycles. The van der Waals surface area contributed by atoms with Gasteiger partial charge in [0, 0.05) is 44.4 Å². The van der Waals surface area contributed by atoms with Crippen LogP contribution in [0.5, 0.6) is 34.5 Å². The third kappa shape index (κ3) is 42.3. The van der Waals surface area contributed by atoms with E-state index in [-0.39, 0.29) is 79.3 Å². The largest absolute Gasteiger partial charge is 0.493 e. The lowest BCUT2D eigenvalue weighted by atomic mass is 9.87. The van der Waals surface area contributed by atoms with Gasteiger partial charge in [-0.25, -0.2) is 13.6 Å². The minimum atomic E-state index is -2.49. The summed E-state index contributed by atoms with van der Waals surface area (Å²) in [7, 11) is 1.42. The second kappa shape index (κ2) is 61.8. The SMILES string of the molecule is CCCC(O)c1cccc(OCC2CCC(F)(F)CC2)c1.CCCCc1cc(CO)cc(OCC2CCCCC2)c1.CCCCc1cc(OCC2CCCCC2)cc(C(=O)OC)c1.CCC[C@@H](O)c1cccc(OC[C@@H]2CCCC[C@H]2O)c1.CCC[C@@H](O)c1cccc(OC[C@@H]2CCCC[C@H]2OC(C)=O)c1.CCC[C@@H](O)c1cccc(OC[C@H]2CCCC[C@H]2OC(C)=O)c1. The first-order chi connectivity index (χ1) is 62.4. The first kappa shape index (κ1) is 108. The lowest BCUT2D eigenvalue weighted by Crippen LogP contribution is -2.33. The van der Waals surface area contributed by atoms with E-state index in [1.54, 1.807) is 0 Å². The van der Waals surface area contributed by atoms with E-state index in [1.807, 2.05) is 122 Å². The Bertz CT molecular complexity index is 3950. The number of unbranched alkanes of at least 4 members (excludes halogenated alkanes) is 2. The number of carbonyl (C=O) groups excluding carboxylic acids is 3. The molecule has 10 atom stereocenters. The molecule has 720 valence electrons. The van der Waals surface area contributed by atoms with Crippen LogP contribution in [0.4, 0.5) is 8.78 Å². The lowest BCUT2D eigenvalue weighted by molar-refractivity contribution is -0.152. The Balaban J connectivity index is 0.000000212. The average molecular weight is 1800 g/mol. The Morgan fingerprint density at radius 2 is 0.698 bits per heavy atom. The number of methoxy groups -OCH3 is 1. The molecule has 6 aromatic carbocycles. The van der Waals surface area contributed by atoms with Gasteiger partial charge in [-0.2, -0.15) is 0 Å². The Morgan fingerprint density at radius 3 is 1.06 bits per heavy atom. The second-order valence-corrected chi connectivity index (χ2v) is 36.9. The van der Waals surface area contributed by atoms with Crippen molar-refractivity contribution in [1.29, 1.82) is 0 Å². The van der Waals surface area contributed by atoms with Gasteiger partial charge in [0.15, 0.2) is 0 Å². The van der Waals surface area contributed by atoms with Gasteiger partial charge in [-0.3, -0.25) is 9.59 Å². The van der Waals surface area contributed by atoms with Crippen molar-refractivity contribution in [1.82, 2.24) is 0 Å². The smallest absolute Gasteiger partial charge is 0.337 e. The minimum Gasteiger partial charge on any atom is -0.493 e. The monoisotopic (exact) mass is 1800 g/mol. The van der Waals surface area contributed by atoms with Crippen LogP contribution in [-0.2, 0) is 43.2 Å². The molecule has 0 spiro atoms. The standard InChI is InChI=1S/2C19H28O4.C19H28O3.C18H28O2.C17H24F2O2.C17H26O3/c2*1-3-7-18(21)15-9-6-10-17(12-15)22-13-16-8-4-5-11-19(16)23-14(2)20;1-3-4-8-16-11-17(19(20)21-2)13-18(12-16)22-14-15-9-6-5-7-10-15;1-2-3-7-16-10-17(13-19)12-18(11-16)20-14-15-8-5-4-6-9-15;1-2-4-16(20)14-5-3-6-15(11-14)21-12-13-7-9-17(18,19)10-8-13;1-2-6-16(18)13-8-5-9-15(11-13)20-12-14-7-3-4-10-17(14)19/h2*6,9-10,12,16,18-19,21H,3-5,7-8,11,13H2,1-2H3;11-13,15H,3-10,14H2,1-2H3;10-12,15,19H,2-9,13-14H2,1H3;3,5-6,11,13,16,20H,2,4,7-10,12H2,1H3;5,8-9,11,14,16-19H,2-4,6-7,10,12H2,1H3/t16-,18+,19+;16-,18-,19-;;;;14-,16+,17+/m01...0/s1. The van der Waals surface area contributed by atoms with Crippen molar-refractivity contribution < 1.29 is 96.4 Å².